The normalized spacial score (nSPS) is 16.5. The Bertz CT molecular complexity index is 527. The summed E-state index contributed by atoms with van der Waals surface area (Å²) in [6.45, 7) is -0.153. The predicted octanol–water partition coefficient (Wildman–Crippen LogP) is 1.89. The lowest BCUT2D eigenvalue weighted by Gasteiger charge is -2.14. The molecular formula is C11H16F2N2O2S2. The van der Waals surface area contributed by atoms with E-state index in [9.17, 15) is 17.2 Å². The summed E-state index contributed by atoms with van der Waals surface area (Å²) in [6.07, 6.45) is -0.350. The number of alkyl halides is 2. The second-order valence-corrected chi connectivity index (χ2v) is 7.99. The molecule has 0 spiro atoms. The molecule has 4 nitrogen and oxygen atoms in total. The molecule has 0 aromatic carbocycles. The van der Waals surface area contributed by atoms with Crippen molar-refractivity contribution in [3.05, 3.63) is 17.0 Å². The predicted molar refractivity (Wildman–Crippen MR) is 70.0 cm³/mol. The van der Waals surface area contributed by atoms with Crippen LogP contribution in [0.3, 0.4) is 0 Å². The quantitative estimate of drug-likeness (QED) is 0.836. The number of hydrogen-bond donors (Lipinski definition) is 1. The first kappa shape index (κ1) is 14.8. The molecule has 0 bridgehead atoms. The number of nitrogens with one attached hydrogen (secondary N) is 1. The molecule has 2 rings (SSSR count). The van der Waals surface area contributed by atoms with Crippen LogP contribution < -0.4 is 5.32 Å². The van der Waals surface area contributed by atoms with Gasteiger partial charge in [0.25, 0.3) is 16.4 Å². The Morgan fingerprint density at radius 2 is 2.16 bits per heavy atom. The van der Waals surface area contributed by atoms with Gasteiger partial charge in [-0.05, 0) is 25.0 Å². The first-order valence-corrected chi connectivity index (χ1v) is 8.22. The topological polar surface area (TPSA) is 49.4 Å². The molecule has 1 aromatic heterocycles. The van der Waals surface area contributed by atoms with E-state index in [0.29, 0.717) is 16.9 Å². The van der Waals surface area contributed by atoms with Gasteiger partial charge in [0.15, 0.2) is 0 Å². The average Bonchev–Trinajstić information content (AvgIpc) is 3.02. The summed E-state index contributed by atoms with van der Waals surface area (Å²) in [4.78, 5) is 0.899. The van der Waals surface area contributed by atoms with Crippen LogP contribution in [0.15, 0.2) is 16.3 Å². The zero-order valence-corrected chi connectivity index (χ0v) is 12.1. The summed E-state index contributed by atoms with van der Waals surface area (Å²) < 4.78 is 49.3. The van der Waals surface area contributed by atoms with Crippen molar-refractivity contribution in [2.45, 2.75) is 36.1 Å². The highest BCUT2D eigenvalue weighted by atomic mass is 32.2. The maximum Gasteiger partial charge on any atom is 0.252 e. The van der Waals surface area contributed by atoms with Gasteiger partial charge in [0.1, 0.15) is 4.21 Å². The van der Waals surface area contributed by atoms with Gasteiger partial charge in [-0.3, -0.25) is 0 Å². The minimum absolute atomic E-state index is 0.114. The highest BCUT2D eigenvalue weighted by Crippen LogP contribution is 2.26. The van der Waals surface area contributed by atoms with Crippen molar-refractivity contribution in [3.8, 4) is 0 Å². The zero-order chi connectivity index (χ0) is 14.0. The van der Waals surface area contributed by atoms with Crippen molar-refractivity contribution < 1.29 is 17.2 Å². The van der Waals surface area contributed by atoms with Crippen LogP contribution in [0.25, 0.3) is 0 Å². The third-order valence-electron chi connectivity index (χ3n) is 2.84. The van der Waals surface area contributed by atoms with Gasteiger partial charge in [0, 0.05) is 24.5 Å². The van der Waals surface area contributed by atoms with E-state index in [4.69, 9.17) is 0 Å². The Morgan fingerprint density at radius 3 is 2.74 bits per heavy atom. The van der Waals surface area contributed by atoms with Gasteiger partial charge < -0.3 is 5.32 Å². The third-order valence-corrected chi connectivity index (χ3v) is 6.21. The van der Waals surface area contributed by atoms with Crippen molar-refractivity contribution >= 4 is 21.4 Å². The first-order valence-electron chi connectivity index (χ1n) is 5.96. The van der Waals surface area contributed by atoms with Gasteiger partial charge in [-0.2, -0.15) is 4.31 Å². The van der Waals surface area contributed by atoms with E-state index in [2.05, 4.69) is 5.32 Å². The Hall–Kier alpha value is -0.570. The molecule has 108 valence electrons. The van der Waals surface area contributed by atoms with Crippen LogP contribution in [-0.4, -0.2) is 38.8 Å². The van der Waals surface area contributed by atoms with E-state index >= 15 is 0 Å². The van der Waals surface area contributed by atoms with Gasteiger partial charge in [-0.25, -0.2) is 17.2 Å². The molecule has 1 saturated carbocycles. The van der Waals surface area contributed by atoms with Crippen molar-refractivity contribution in [2.24, 2.45) is 0 Å². The number of hydrogen-bond acceptors (Lipinski definition) is 4. The Labute approximate surface area is 115 Å². The molecule has 1 heterocycles. The van der Waals surface area contributed by atoms with Crippen molar-refractivity contribution in [3.63, 3.8) is 0 Å². The molecular weight excluding hydrogens is 294 g/mol. The molecule has 0 atom stereocenters. The maximum absolute atomic E-state index is 12.2. The zero-order valence-electron chi connectivity index (χ0n) is 10.5. The molecule has 0 unspecified atom stereocenters. The second kappa shape index (κ2) is 5.82. The largest absolute Gasteiger partial charge is 0.309 e. The molecule has 0 amide bonds. The fraction of sp³-hybridized carbons (Fsp3) is 0.636. The molecule has 1 fully saturated rings. The highest BCUT2D eigenvalue weighted by molar-refractivity contribution is 7.91. The summed E-state index contributed by atoms with van der Waals surface area (Å²) in [5.41, 5.74) is 0. The molecule has 1 aromatic rings. The molecule has 0 radical (unpaired) electrons. The molecule has 8 heteroatoms. The number of rotatable bonds is 7. The van der Waals surface area contributed by atoms with Crippen LogP contribution in [-0.2, 0) is 16.6 Å². The fourth-order valence-corrected chi connectivity index (χ4v) is 4.24. The Balaban J connectivity index is 2.02. The molecule has 0 saturated heterocycles. The van der Waals surface area contributed by atoms with Crippen LogP contribution in [0.2, 0.25) is 0 Å². The van der Waals surface area contributed by atoms with Gasteiger partial charge in [0.2, 0.25) is 0 Å². The van der Waals surface area contributed by atoms with E-state index in [1.54, 1.807) is 6.07 Å². The fourth-order valence-electron chi connectivity index (χ4n) is 1.57. The van der Waals surface area contributed by atoms with Gasteiger partial charge in [-0.15, -0.1) is 11.3 Å². The monoisotopic (exact) mass is 310 g/mol. The molecule has 1 aliphatic carbocycles. The highest BCUT2D eigenvalue weighted by Gasteiger charge is 2.26. The summed E-state index contributed by atoms with van der Waals surface area (Å²) >= 11 is 1.13. The number of thiophene rings is 1. The average molecular weight is 310 g/mol. The number of nitrogens with zero attached hydrogens (tertiary/aromatic N) is 1. The first-order chi connectivity index (χ1) is 8.89. The lowest BCUT2D eigenvalue weighted by atomic mass is 10.4. The molecule has 1 aliphatic rings. The van der Waals surface area contributed by atoms with E-state index in [0.717, 1.165) is 29.1 Å². The van der Waals surface area contributed by atoms with Crippen molar-refractivity contribution in [2.75, 3.05) is 13.6 Å². The second-order valence-electron chi connectivity index (χ2n) is 4.55. The summed E-state index contributed by atoms with van der Waals surface area (Å²) in [6, 6.07) is 3.75. The maximum atomic E-state index is 12.2. The number of sulfonamides is 1. The van der Waals surface area contributed by atoms with Gasteiger partial charge in [-0.1, -0.05) is 0 Å². The SMILES string of the molecule is CN(CC(F)F)S(=O)(=O)c1ccc(CNC2CC2)s1. The van der Waals surface area contributed by atoms with Crippen LogP contribution in [0, 0.1) is 0 Å². The van der Waals surface area contributed by atoms with Crippen molar-refractivity contribution in [1.29, 1.82) is 0 Å². The molecule has 1 N–H and O–H groups in total. The van der Waals surface area contributed by atoms with Crippen LogP contribution in [0.4, 0.5) is 8.78 Å². The van der Waals surface area contributed by atoms with E-state index in [1.165, 1.54) is 13.1 Å². The van der Waals surface area contributed by atoms with Crippen molar-refractivity contribution in [1.82, 2.24) is 9.62 Å². The Kier molecular flexibility index (Phi) is 4.54. The van der Waals surface area contributed by atoms with Crippen LogP contribution >= 0.6 is 11.3 Å². The van der Waals surface area contributed by atoms with E-state index < -0.39 is 23.0 Å². The minimum atomic E-state index is -3.79. The summed E-state index contributed by atoms with van der Waals surface area (Å²) in [5, 5.41) is 3.28. The Morgan fingerprint density at radius 1 is 1.47 bits per heavy atom. The van der Waals surface area contributed by atoms with E-state index in [-0.39, 0.29) is 4.21 Å². The number of halogens is 2. The molecule has 0 aliphatic heterocycles. The van der Waals surface area contributed by atoms with Crippen LogP contribution in [0.5, 0.6) is 0 Å². The molecule has 19 heavy (non-hydrogen) atoms. The standard InChI is InChI=1S/C11H16F2N2O2S2/c1-15(7-10(12)13)19(16,17)11-5-4-9(18-11)6-14-8-2-3-8/h4-5,8,10,14H,2-3,6-7H2,1H3. The summed E-state index contributed by atoms with van der Waals surface area (Å²) in [5.74, 6) is 0. The minimum Gasteiger partial charge on any atom is -0.309 e. The van der Waals surface area contributed by atoms with E-state index in [1.807, 2.05) is 0 Å². The van der Waals surface area contributed by atoms with Gasteiger partial charge in [0.05, 0.1) is 6.54 Å². The lowest BCUT2D eigenvalue weighted by Crippen LogP contribution is -2.30. The van der Waals surface area contributed by atoms with Gasteiger partial charge >= 0.3 is 0 Å². The lowest BCUT2D eigenvalue weighted by molar-refractivity contribution is 0.126. The summed E-state index contributed by atoms with van der Waals surface area (Å²) in [7, 11) is -2.62. The van der Waals surface area contributed by atoms with Crippen LogP contribution in [0.1, 0.15) is 17.7 Å². The third kappa shape index (κ3) is 3.95. The smallest absolute Gasteiger partial charge is 0.252 e.